The summed E-state index contributed by atoms with van der Waals surface area (Å²) in [6.07, 6.45) is 2.09. The van der Waals surface area contributed by atoms with Gasteiger partial charge in [-0.05, 0) is 43.2 Å². The van der Waals surface area contributed by atoms with Gasteiger partial charge in [-0.2, -0.15) is 0 Å². The summed E-state index contributed by atoms with van der Waals surface area (Å²) >= 11 is 0. The van der Waals surface area contributed by atoms with E-state index >= 15 is 0 Å². The molecule has 0 saturated carbocycles. The van der Waals surface area contributed by atoms with Crippen molar-refractivity contribution in [2.75, 3.05) is 6.67 Å². The summed E-state index contributed by atoms with van der Waals surface area (Å²) in [6.45, 7) is 3.47. The van der Waals surface area contributed by atoms with E-state index in [0.717, 1.165) is 16.8 Å². The van der Waals surface area contributed by atoms with Gasteiger partial charge in [0.1, 0.15) is 5.75 Å². The third kappa shape index (κ3) is 3.03. The zero-order valence-corrected chi connectivity index (χ0v) is 10.5. The van der Waals surface area contributed by atoms with Gasteiger partial charge >= 0.3 is 6.01 Å². The van der Waals surface area contributed by atoms with Crippen LogP contribution in [-0.4, -0.2) is 16.6 Å². The van der Waals surface area contributed by atoms with Gasteiger partial charge in [0.2, 0.25) is 0 Å². The number of hydrogen-bond acceptors (Lipinski definition) is 3. The molecule has 0 unspecified atom stereocenters. The van der Waals surface area contributed by atoms with Gasteiger partial charge in [-0.3, -0.25) is 4.39 Å². The average molecular weight is 246 g/mol. The Balaban J connectivity index is 2.17. The van der Waals surface area contributed by atoms with Crippen LogP contribution in [0.15, 0.2) is 30.5 Å². The summed E-state index contributed by atoms with van der Waals surface area (Å²) in [5.41, 5.74) is 2.86. The number of alkyl halides is 1. The highest BCUT2D eigenvalue weighted by Gasteiger charge is 2.04. The number of hydrogen-bond donors (Lipinski definition) is 0. The van der Waals surface area contributed by atoms with Crippen molar-refractivity contribution in [2.45, 2.75) is 20.3 Å². The molecule has 0 atom stereocenters. The highest BCUT2D eigenvalue weighted by molar-refractivity contribution is 5.36. The van der Waals surface area contributed by atoms with Crippen molar-refractivity contribution in [3.63, 3.8) is 0 Å². The summed E-state index contributed by atoms with van der Waals surface area (Å²) in [5.74, 6) is 0.667. The molecule has 0 amide bonds. The van der Waals surface area contributed by atoms with Gasteiger partial charge in [-0.25, -0.2) is 9.97 Å². The van der Waals surface area contributed by atoms with E-state index in [0.29, 0.717) is 18.2 Å². The van der Waals surface area contributed by atoms with Crippen LogP contribution in [0.4, 0.5) is 4.39 Å². The number of rotatable bonds is 4. The van der Waals surface area contributed by atoms with Crippen LogP contribution in [0.5, 0.6) is 11.8 Å². The molecule has 1 aromatic carbocycles. The number of nitrogens with zero attached hydrogens (tertiary/aromatic N) is 2. The van der Waals surface area contributed by atoms with E-state index < -0.39 is 0 Å². The quantitative estimate of drug-likeness (QED) is 0.829. The fraction of sp³-hybridized carbons (Fsp3) is 0.286. The molecule has 3 nitrogen and oxygen atoms in total. The lowest BCUT2D eigenvalue weighted by Crippen LogP contribution is -1.95. The maximum absolute atomic E-state index is 12.3. The number of benzene rings is 1. The summed E-state index contributed by atoms with van der Waals surface area (Å²) in [7, 11) is 0. The molecule has 0 aliphatic rings. The van der Waals surface area contributed by atoms with Gasteiger partial charge in [-0.1, -0.05) is 6.07 Å². The molecule has 0 fully saturated rings. The first-order valence-electron chi connectivity index (χ1n) is 5.82. The lowest BCUT2D eigenvalue weighted by molar-refractivity contribution is 0.439. The Kier molecular flexibility index (Phi) is 3.87. The Morgan fingerprint density at radius 1 is 1.22 bits per heavy atom. The van der Waals surface area contributed by atoms with Crippen LogP contribution in [0.1, 0.15) is 16.8 Å². The van der Waals surface area contributed by atoms with E-state index in [1.54, 1.807) is 6.20 Å². The van der Waals surface area contributed by atoms with E-state index in [4.69, 9.17) is 4.74 Å². The molecule has 0 spiro atoms. The maximum atomic E-state index is 12.3. The fourth-order valence-corrected chi connectivity index (χ4v) is 1.69. The summed E-state index contributed by atoms with van der Waals surface area (Å²) < 4.78 is 17.9. The molecule has 18 heavy (non-hydrogen) atoms. The standard InChI is InChI=1S/C14H15FN2O/c1-10-9-13(4-3-12(10)5-7-15)18-14-16-8-6-11(2)17-14/h3-4,6,8-9H,5,7H2,1-2H3. The topological polar surface area (TPSA) is 35.0 Å². The molecule has 1 heterocycles. The second-order valence-electron chi connectivity index (χ2n) is 4.11. The largest absolute Gasteiger partial charge is 0.424 e. The Morgan fingerprint density at radius 2 is 2.06 bits per heavy atom. The highest BCUT2D eigenvalue weighted by Crippen LogP contribution is 2.21. The van der Waals surface area contributed by atoms with Crippen LogP contribution >= 0.6 is 0 Å². The van der Waals surface area contributed by atoms with E-state index in [9.17, 15) is 4.39 Å². The van der Waals surface area contributed by atoms with Gasteiger partial charge in [0.15, 0.2) is 0 Å². The zero-order valence-electron chi connectivity index (χ0n) is 10.5. The minimum atomic E-state index is -0.345. The number of ether oxygens (including phenoxy) is 1. The van der Waals surface area contributed by atoms with Crippen LogP contribution < -0.4 is 4.74 Å². The lowest BCUT2D eigenvalue weighted by atomic mass is 10.1. The Morgan fingerprint density at radius 3 is 2.72 bits per heavy atom. The molecular formula is C14H15FN2O. The molecule has 0 radical (unpaired) electrons. The summed E-state index contributed by atoms with van der Waals surface area (Å²) in [5, 5.41) is 0. The molecular weight excluding hydrogens is 231 g/mol. The van der Waals surface area contributed by atoms with Crippen LogP contribution in [-0.2, 0) is 6.42 Å². The van der Waals surface area contributed by atoms with Gasteiger partial charge < -0.3 is 4.74 Å². The first-order valence-corrected chi connectivity index (χ1v) is 5.82. The maximum Gasteiger partial charge on any atom is 0.322 e. The second-order valence-corrected chi connectivity index (χ2v) is 4.11. The number of aryl methyl sites for hydroxylation is 3. The van der Waals surface area contributed by atoms with E-state index in [1.807, 2.05) is 38.1 Å². The van der Waals surface area contributed by atoms with E-state index in [2.05, 4.69) is 9.97 Å². The summed E-state index contributed by atoms with van der Waals surface area (Å²) in [4.78, 5) is 8.19. The third-order valence-corrected chi connectivity index (χ3v) is 2.66. The Labute approximate surface area is 106 Å². The monoisotopic (exact) mass is 246 g/mol. The molecule has 1 aromatic heterocycles. The normalized spacial score (nSPS) is 10.4. The van der Waals surface area contributed by atoms with Crippen molar-refractivity contribution in [1.29, 1.82) is 0 Å². The van der Waals surface area contributed by atoms with Crippen molar-refractivity contribution in [1.82, 2.24) is 9.97 Å². The van der Waals surface area contributed by atoms with Crippen LogP contribution in [0.3, 0.4) is 0 Å². The Hall–Kier alpha value is -1.97. The van der Waals surface area contributed by atoms with Crippen LogP contribution in [0.25, 0.3) is 0 Å². The third-order valence-electron chi connectivity index (χ3n) is 2.66. The predicted molar refractivity (Wildman–Crippen MR) is 67.7 cm³/mol. The van der Waals surface area contributed by atoms with Gasteiger partial charge in [0.05, 0.1) is 6.67 Å². The first kappa shape index (κ1) is 12.5. The Bertz CT molecular complexity index is 543. The van der Waals surface area contributed by atoms with Crippen molar-refractivity contribution >= 4 is 0 Å². The van der Waals surface area contributed by atoms with Crippen LogP contribution in [0.2, 0.25) is 0 Å². The number of aromatic nitrogens is 2. The van der Waals surface area contributed by atoms with Gasteiger partial charge in [-0.15, -0.1) is 0 Å². The molecule has 0 bridgehead atoms. The minimum absolute atomic E-state index is 0.327. The molecule has 2 rings (SSSR count). The second kappa shape index (κ2) is 5.58. The summed E-state index contributed by atoms with van der Waals surface area (Å²) in [6, 6.07) is 7.69. The molecule has 94 valence electrons. The van der Waals surface area contributed by atoms with Gasteiger partial charge in [0.25, 0.3) is 0 Å². The number of halogens is 1. The van der Waals surface area contributed by atoms with E-state index in [-0.39, 0.29) is 6.67 Å². The molecule has 0 saturated heterocycles. The zero-order chi connectivity index (χ0) is 13.0. The van der Waals surface area contributed by atoms with Crippen molar-refractivity contribution in [2.24, 2.45) is 0 Å². The highest BCUT2D eigenvalue weighted by atomic mass is 19.1. The lowest BCUT2D eigenvalue weighted by Gasteiger charge is -2.08. The van der Waals surface area contributed by atoms with Crippen molar-refractivity contribution in [3.05, 3.63) is 47.3 Å². The molecule has 0 N–H and O–H groups in total. The average Bonchev–Trinajstić information content (AvgIpc) is 2.33. The predicted octanol–water partition coefficient (Wildman–Crippen LogP) is 3.40. The molecule has 0 aliphatic heterocycles. The van der Waals surface area contributed by atoms with E-state index in [1.165, 1.54) is 0 Å². The smallest absolute Gasteiger partial charge is 0.322 e. The first-order chi connectivity index (χ1) is 8.69. The van der Waals surface area contributed by atoms with Crippen molar-refractivity contribution < 1.29 is 9.13 Å². The molecule has 4 heteroatoms. The molecule has 2 aromatic rings. The fourth-order valence-electron chi connectivity index (χ4n) is 1.69. The van der Waals surface area contributed by atoms with Crippen molar-refractivity contribution in [3.8, 4) is 11.8 Å². The SMILES string of the molecule is Cc1ccnc(Oc2ccc(CCF)c(C)c2)n1. The van der Waals surface area contributed by atoms with Crippen LogP contribution in [0, 0.1) is 13.8 Å². The minimum Gasteiger partial charge on any atom is -0.424 e. The molecule has 0 aliphatic carbocycles. The van der Waals surface area contributed by atoms with Gasteiger partial charge in [0, 0.05) is 18.3 Å².